The average Bonchev–Trinajstić information content (AvgIpc) is 3.58. The number of hydrogen-bond acceptors (Lipinski definition) is 6. The fourth-order valence-electron chi connectivity index (χ4n) is 3.24. The summed E-state index contributed by atoms with van der Waals surface area (Å²) in [5, 5.41) is 9.05. The van der Waals surface area contributed by atoms with E-state index in [1.54, 1.807) is 7.05 Å². The number of likely N-dealkylation sites (N-methyl/N-ethyl adjacent to an activating group) is 1. The van der Waals surface area contributed by atoms with E-state index in [0.717, 1.165) is 35.5 Å². The SMILES string of the molecule is CCc1nc(C(N)=O)c(Nc2cccc(CCNC(=O)C(C)NC)c2)nc1C1CC1. The second kappa shape index (κ2) is 9.67. The predicted octanol–water partition coefficient (Wildman–Crippen LogP) is 2.03. The van der Waals surface area contributed by atoms with Gasteiger partial charge in [-0.1, -0.05) is 19.1 Å². The number of primary amides is 1. The van der Waals surface area contributed by atoms with Gasteiger partial charge in [-0.25, -0.2) is 9.97 Å². The van der Waals surface area contributed by atoms with E-state index in [2.05, 4.69) is 20.9 Å². The van der Waals surface area contributed by atoms with Gasteiger partial charge in [-0.15, -0.1) is 0 Å². The molecule has 5 N–H and O–H groups in total. The molecular weight excluding hydrogens is 380 g/mol. The fraction of sp³-hybridized carbons (Fsp3) is 0.455. The number of hydrogen-bond donors (Lipinski definition) is 4. The van der Waals surface area contributed by atoms with Crippen LogP contribution in [0.1, 0.15) is 60.0 Å². The summed E-state index contributed by atoms with van der Waals surface area (Å²) in [6, 6.07) is 7.58. The molecule has 0 aliphatic heterocycles. The first-order chi connectivity index (χ1) is 14.4. The first kappa shape index (κ1) is 21.7. The van der Waals surface area contributed by atoms with Gasteiger partial charge in [0.15, 0.2) is 11.5 Å². The van der Waals surface area contributed by atoms with Crippen LogP contribution in [0.2, 0.25) is 0 Å². The predicted molar refractivity (Wildman–Crippen MR) is 117 cm³/mol. The summed E-state index contributed by atoms with van der Waals surface area (Å²) in [5.41, 5.74) is 9.38. The van der Waals surface area contributed by atoms with E-state index in [1.807, 2.05) is 38.1 Å². The summed E-state index contributed by atoms with van der Waals surface area (Å²) < 4.78 is 0. The summed E-state index contributed by atoms with van der Waals surface area (Å²) in [7, 11) is 1.75. The monoisotopic (exact) mass is 410 g/mol. The van der Waals surface area contributed by atoms with Gasteiger partial charge in [0.2, 0.25) is 5.91 Å². The summed E-state index contributed by atoms with van der Waals surface area (Å²) in [6.45, 7) is 4.36. The van der Waals surface area contributed by atoms with Gasteiger partial charge in [0.05, 0.1) is 17.4 Å². The third kappa shape index (κ3) is 5.33. The Morgan fingerprint density at radius 2 is 2.03 bits per heavy atom. The lowest BCUT2D eigenvalue weighted by atomic mass is 10.1. The van der Waals surface area contributed by atoms with E-state index >= 15 is 0 Å². The maximum atomic E-state index is 12.0. The lowest BCUT2D eigenvalue weighted by molar-refractivity contribution is -0.122. The maximum Gasteiger partial charge on any atom is 0.271 e. The molecule has 0 bridgehead atoms. The number of nitrogens with zero attached hydrogens (tertiary/aromatic N) is 2. The van der Waals surface area contributed by atoms with E-state index in [4.69, 9.17) is 10.7 Å². The summed E-state index contributed by atoms with van der Waals surface area (Å²) in [6.07, 6.45) is 3.61. The normalized spacial score (nSPS) is 14.2. The Morgan fingerprint density at radius 1 is 1.27 bits per heavy atom. The van der Waals surface area contributed by atoms with E-state index in [9.17, 15) is 9.59 Å². The zero-order chi connectivity index (χ0) is 21.7. The summed E-state index contributed by atoms with van der Waals surface area (Å²) in [4.78, 5) is 33.1. The van der Waals surface area contributed by atoms with Gasteiger partial charge in [0.25, 0.3) is 5.91 Å². The minimum absolute atomic E-state index is 0.0308. The molecule has 0 saturated heterocycles. The topological polar surface area (TPSA) is 122 Å². The van der Waals surface area contributed by atoms with Crippen LogP contribution >= 0.6 is 0 Å². The van der Waals surface area contributed by atoms with E-state index in [1.165, 1.54) is 0 Å². The molecule has 2 amide bonds. The van der Waals surface area contributed by atoms with Crippen molar-refractivity contribution in [2.45, 2.75) is 51.5 Å². The first-order valence-corrected chi connectivity index (χ1v) is 10.4. The summed E-state index contributed by atoms with van der Waals surface area (Å²) in [5.74, 6) is 0.191. The molecule has 1 fully saturated rings. The largest absolute Gasteiger partial charge is 0.364 e. The Bertz CT molecular complexity index is 926. The van der Waals surface area contributed by atoms with Gasteiger partial charge >= 0.3 is 0 Å². The van der Waals surface area contributed by atoms with Crippen molar-refractivity contribution < 1.29 is 9.59 Å². The Hall–Kier alpha value is -3.00. The lowest BCUT2D eigenvalue weighted by Crippen LogP contribution is -2.41. The molecule has 1 atom stereocenters. The molecule has 2 aromatic rings. The van der Waals surface area contributed by atoms with Crippen molar-refractivity contribution in [3.8, 4) is 0 Å². The van der Waals surface area contributed by atoms with Crippen molar-refractivity contribution >= 4 is 23.3 Å². The molecule has 8 nitrogen and oxygen atoms in total. The van der Waals surface area contributed by atoms with Gasteiger partial charge in [-0.2, -0.15) is 0 Å². The highest BCUT2D eigenvalue weighted by molar-refractivity contribution is 5.96. The van der Waals surface area contributed by atoms with Gasteiger partial charge in [0, 0.05) is 18.2 Å². The number of rotatable bonds is 10. The van der Waals surface area contributed by atoms with Crippen LogP contribution in [0.4, 0.5) is 11.5 Å². The number of anilines is 2. The van der Waals surface area contributed by atoms with Crippen molar-refractivity contribution in [1.29, 1.82) is 0 Å². The molecule has 1 saturated carbocycles. The molecule has 30 heavy (non-hydrogen) atoms. The molecule has 1 unspecified atom stereocenters. The third-order valence-electron chi connectivity index (χ3n) is 5.26. The minimum Gasteiger partial charge on any atom is -0.364 e. The van der Waals surface area contributed by atoms with Crippen molar-refractivity contribution in [2.75, 3.05) is 18.9 Å². The number of carbonyl (C=O) groups excluding carboxylic acids is 2. The smallest absolute Gasteiger partial charge is 0.271 e. The second-order valence-electron chi connectivity index (χ2n) is 7.62. The zero-order valence-corrected chi connectivity index (χ0v) is 17.8. The highest BCUT2D eigenvalue weighted by Gasteiger charge is 2.30. The molecule has 1 aromatic carbocycles. The maximum absolute atomic E-state index is 12.0. The van der Waals surface area contributed by atoms with E-state index < -0.39 is 5.91 Å². The molecule has 0 radical (unpaired) electrons. The number of nitrogens with two attached hydrogens (primary N) is 1. The molecule has 3 rings (SSSR count). The molecule has 1 aliphatic rings. The standard InChI is InChI=1S/C22H30N6O2/c1-4-17-18(15-8-9-15)28-21(19(27-17)20(23)29)26-16-7-5-6-14(12-16)10-11-25-22(30)13(2)24-3/h5-7,12-13,15,24H,4,8-11H2,1-3H3,(H2,23,29)(H,25,30)(H,26,28). The molecule has 1 heterocycles. The zero-order valence-electron chi connectivity index (χ0n) is 17.8. The second-order valence-corrected chi connectivity index (χ2v) is 7.62. The Balaban J connectivity index is 1.75. The van der Waals surface area contributed by atoms with Crippen LogP contribution in [0, 0.1) is 0 Å². The first-order valence-electron chi connectivity index (χ1n) is 10.4. The molecule has 1 aromatic heterocycles. The van der Waals surface area contributed by atoms with Crippen molar-refractivity contribution in [3.05, 3.63) is 46.9 Å². The van der Waals surface area contributed by atoms with Crippen LogP contribution in [-0.2, 0) is 17.6 Å². The number of nitrogens with one attached hydrogen (secondary N) is 3. The lowest BCUT2D eigenvalue weighted by Gasteiger charge is -2.14. The minimum atomic E-state index is -0.598. The van der Waals surface area contributed by atoms with Crippen LogP contribution in [0.15, 0.2) is 24.3 Å². The van der Waals surface area contributed by atoms with Gasteiger partial charge in [0.1, 0.15) is 0 Å². The number of aryl methyl sites for hydroxylation is 1. The van der Waals surface area contributed by atoms with Crippen molar-refractivity contribution in [3.63, 3.8) is 0 Å². The molecule has 1 aliphatic carbocycles. The molecule has 160 valence electrons. The molecular formula is C22H30N6O2. The van der Waals surface area contributed by atoms with E-state index in [0.29, 0.717) is 31.1 Å². The fourth-order valence-corrected chi connectivity index (χ4v) is 3.24. The van der Waals surface area contributed by atoms with Gasteiger partial charge in [-0.05, 0) is 57.4 Å². The molecule has 8 heteroatoms. The Labute approximate surface area is 177 Å². The van der Waals surface area contributed by atoms with Crippen molar-refractivity contribution in [1.82, 2.24) is 20.6 Å². The van der Waals surface area contributed by atoms with Crippen LogP contribution in [-0.4, -0.2) is 41.4 Å². The van der Waals surface area contributed by atoms with Crippen LogP contribution in [0.5, 0.6) is 0 Å². The third-order valence-corrected chi connectivity index (χ3v) is 5.26. The average molecular weight is 411 g/mol. The van der Waals surface area contributed by atoms with Crippen LogP contribution in [0.25, 0.3) is 0 Å². The quantitative estimate of drug-likeness (QED) is 0.475. The highest BCUT2D eigenvalue weighted by atomic mass is 16.2. The van der Waals surface area contributed by atoms with Gasteiger partial charge in [-0.3, -0.25) is 9.59 Å². The van der Waals surface area contributed by atoms with Crippen LogP contribution in [0.3, 0.4) is 0 Å². The number of benzene rings is 1. The number of carbonyl (C=O) groups is 2. The van der Waals surface area contributed by atoms with Gasteiger partial charge < -0.3 is 21.7 Å². The highest BCUT2D eigenvalue weighted by Crippen LogP contribution is 2.41. The number of amides is 2. The summed E-state index contributed by atoms with van der Waals surface area (Å²) >= 11 is 0. The van der Waals surface area contributed by atoms with Crippen molar-refractivity contribution in [2.24, 2.45) is 5.73 Å². The Morgan fingerprint density at radius 3 is 2.67 bits per heavy atom. The van der Waals surface area contributed by atoms with Crippen LogP contribution < -0.4 is 21.7 Å². The van der Waals surface area contributed by atoms with E-state index in [-0.39, 0.29) is 17.6 Å². The Kier molecular flexibility index (Phi) is 6.99. The molecule has 0 spiro atoms. The number of aromatic nitrogens is 2.